The van der Waals surface area contributed by atoms with E-state index in [9.17, 15) is 10.1 Å². The maximum atomic E-state index is 10.5. The molecule has 0 aliphatic heterocycles. The van der Waals surface area contributed by atoms with Gasteiger partial charge in [0.05, 0.1) is 11.5 Å². The van der Waals surface area contributed by atoms with Gasteiger partial charge in [-0.1, -0.05) is 19.3 Å². The quantitative estimate of drug-likeness (QED) is 0.262. The molecule has 0 aliphatic carbocycles. The largest absolute Gasteiger partial charge is 0.280 e. The molecule has 4 nitrogen and oxygen atoms in total. The van der Waals surface area contributed by atoms with Crippen LogP contribution in [0, 0.1) is 22.0 Å². The van der Waals surface area contributed by atoms with E-state index in [1.165, 1.54) is 12.1 Å². The van der Waals surface area contributed by atoms with Crippen LogP contribution in [-0.4, -0.2) is 17.7 Å². The molecule has 94 valence electrons. The molecule has 1 aromatic rings. The van der Waals surface area contributed by atoms with Crippen LogP contribution < -0.4 is 0 Å². The van der Waals surface area contributed by atoms with Gasteiger partial charge in [-0.05, 0) is 24.1 Å². The minimum Gasteiger partial charge on any atom is -0.280 e. The molecule has 0 bridgehead atoms. The molecule has 0 N–H and O–H groups in total. The van der Waals surface area contributed by atoms with Crippen molar-refractivity contribution < 1.29 is 4.92 Å². The number of aliphatic imine (C=N–C) groups is 1. The monoisotopic (exact) mass is 244 g/mol. The number of nitrogens with zero attached hydrogens (tertiary/aromatic N) is 2. The van der Waals surface area contributed by atoms with Crippen molar-refractivity contribution >= 4 is 11.9 Å². The molecule has 0 unspecified atom stereocenters. The lowest BCUT2D eigenvalue weighted by molar-refractivity contribution is -0.384. The van der Waals surface area contributed by atoms with Gasteiger partial charge in [-0.2, -0.15) is 0 Å². The fourth-order valence-corrected chi connectivity index (χ4v) is 1.29. The first-order valence-electron chi connectivity index (χ1n) is 5.94. The molecule has 0 radical (unpaired) electrons. The fraction of sp³-hybridized carbons (Fsp3) is 0.357. The third-order valence-corrected chi connectivity index (χ3v) is 2.29. The molecular formula is C14H16N2O2. The number of nitro groups is 1. The van der Waals surface area contributed by atoms with Crippen molar-refractivity contribution in [2.75, 3.05) is 6.54 Å². The second-order valence-electron chi connectivity index (χ2n) is 3.78. The molecule has 0 saturated carbocycles. The molecular weight excluding hydrogens is 228 g/mol. The Labute approximate surface area is 107 Å². The molecule has 4 heteroatoms. The Balaban J connectivity index is 2.41. The summed E-state index contributed by atoms with van der Waals surface area (Å²) in [6.45, 7) is 2.61. The van der Waals surface area contributed by atoms with Gasteiger partial charge in [-0.3, -0.25) is 15.1 Å². The normalized spacial score (nSPS) is 10.1. The number of non-ortho nitro benzene ring substituents is 1. The SMILES string of the molecule is CCCCC#CCN=Cc1ccc([N+](=O)[O-])cc1. The summed E-state index contributed by atoms with van der Waals surface area (Å²) < 4.78 is 0. The van der Waals surface area contributed by atoms with Gasteiger partial charge in [-0.25, -0.2) is 0 Å². The number of hydrogen-bond donors (Lipinski definition) is 0. The second kappa shape index (κ2) is 8.02. The summed E-state index contributed by atoms with van der Waals surface area (Å²) in [6, 6.07) is 6.28. The maximum Gasteiger partial charge on any atom is 0.269 e. The van der Waals surface area contributed by atoms with E-state index in [2.05, 4.69) is 23.8 Å². The minimum atomic E-state index is -0.417. The Hall–Kier alpha value is -2.15. The Morgan fingerprint density at radius 1 is 1.33 bits per heavy atom. The van der Waals surface area contributed by atoms with Gasteiger partial charge in [0, 0.05) is 24.8 Å². The summed E-state index contributed by atoms with van der Waals surface area (Å²) in [4.78, 5) is 14.2. The molecule has 0 aromatic heterocycles. The third kappa shape index (κ3) is 5.26. The van der Waals surface area contributed by atoms with Crippen LogP contribution in [-0.2, 0) is 0 Å². The van der Waals surface area contributed by atoms with Crippen molar-refractivity contribution in [3.63, 3.8) is 0 Å². The lowest BCUT2D eigenvalue weighted by atomic mass is 10.2. The first kappa shape index (κ1) is 13.9. The highest BCUT2D eigenvalue weighted by atomic mass is 16.6. The van der Waals surface area contributed by atoms with Crippen molar-refractivity contribution in [3.8, 4) is 11.8 Å². The number of benzene rings is 1. The second-order valence-corrected chi connectivity index (χ2v) is 3.78. The smallest absolute Gasteiger partial charge is 0.269 e. The molecule has 0 atom stereocenters. The predicted octanol–water partition coefficient (Wildman–Crippen LogP) is 3.21. The highest BCUT2D eigenvalue weighted by molar-refractivity contribution is 5.80. The standard InChI is InChI=1S/C14H16N2O2/c1-2-3-4-5-6-11-15-12-13-7-9-14(10-8-13)16(17)18/h7-10,12H,2-4,11H2,1H3. The van der Waals surface area contributed by atoms with Gasteiger partial charge in [0.25, 0.3) is 5.69 Å². The minimum absolute atomic E-state index is 0.0894. The summed E-state index contributed by atoms with van der Waals surface area (Å²) in [5.41, 5.74) is 0.933. The summed E-state index contributed by atoms with van der Waals surface area (Å²) >= 11 is 0. The molecule has 1 aromatic carbocycles. The fourth-order valence-electron chi connectivity index (χ4n) is 1.29. The molecule has 0 amide bonds. The van der Waals surface area contributed by atoms with Crippen molar-refractivity contribution in [2.45, 2.75) is 26.2 Å². The third-order valence-electron chi connectivity index (χ3n) is 2.29. The molecule has 0 aliphatic rings. The van der Waals surface area contributed by atoms with Crippen LogP contribution in [0.3, 0.4) is 0 Å². The highest BCUT2D eigenvalue weighted by Crippen LogP contribution is 2.10. The van der Waals surface area contributed by atoms with Crippen LogP contribution >= 0.6 is 0 Å². The summed E-state index contributed by atoms with van der Waals surface area (Å²) in [7, 11) is 0. The Morgan fingerprint density at radius 3 is 2.67 bits per heavy atom. The van der Waals surface area contributed by atoms with E-state index >= 15 is 0 Å². The number of nitro benzene ring substituents is 1. The number of hydrogen-bond acceptors (Lipinski definition) is 3. The predicted molar refractivity (Wildman–Crippen MR) is 72.9 cm³/mol. The average Bonchev–Trinajstić information content (AvgIpc) is 2.38. The maximum absolute atomic E-state index is 10.5. The Morgan fingerprint density at radius 2 is 2.06 bits per heavy atom. The van der Waals surface area contributed by atoms with Crippen LogP contribution in [0.2, 0.25) is 0 Å². The first-order valence-corrected chi connectivity index (χ1v) is 5.94. The molecule has 0 heterocycles. The highest BCUT2D eigenvalue weighted by Gasteiger charge is 2.01. The van der Waals surface area contributed by atoms with Crippen molar-refractivity contribution in [1.29, 1.82) is 0 Å². The van der Waals surface area contributed by atoms with E-state index in [-0.39, 0.29) is 5.69 Å². The van der Waals surface area contributed by atoms with Crippen molar-refractivity contribution in [2.24, 2.45) is 4.99 Å². The number of unbranched alkanes of at least 4 members (excludes halogenated alkanes) is 2. The van der Waals surface area contributed by atoms with E-state index in [0.717, 1.165) is 24.8 Å². The van der Waals surface area contributed by atoms with Crippen molar-refractivity contribution in [3.05, 3.63) is 39.9 Å². The van der Waals surface area contributed by atoms with Gasteiger partial charge in [0.15, 0.2) is 0 Å². The molecule has 0 fully saturated rings. The Bertz CT molecular complexity index is 467. The molecule has 0 saturated heterocycles. The lowest BCUT2D eigenvalue weighted by Gasteiger charge is -1.92. The van der Waals surface area contributed by atoms with Crippen LogP contribution in [0.15, 0.2) is 29.3 Å². The zero-order chi connectivity index (χ0) is 13.2. The van der Waals surface area contributed by atoms with E-state index < -0.39 is 4.92 Å². The molecule has 0 spiro atoms. The van der Waals surface area contributed by atoms with E-state index in [0.29, 0.717) is 6.54 Å². The van der Waals surface area contributed by atoms with Gasteiger partial charge in [0.1, 0.15) is 0 Å². The molecule has 18 heavy (non-hydrogen) atoms. The number of rotatable bonds is 5. The zero-order valence-corrected chi connectivity index (χ0v) is 10.4. The van der Waals surface area contributed by atoms with Crippen LogP contribution in [0.25, 0.3) is 0 Å². The summed E-state index contributed by atoms with van der Waals surface area (Å²) in [5.74, 6) is 6.01. The summed E-state index contributed by atoms with van der Waals surface area (Å²) in [5, 5.41) is 10.5. The van der Waals surface area contributed by atoms with Gasteiger partial charge in [-0.15, -0.1) is 5.92 Å². The van der Waals surface area contributed by atoms with E-state index in [1.807, 2.05) is 0 Å². The van der Waals surface area contributed by atoms with Crippen molar-refractivity contribution in [1.82, 2.24) is 0 Å². The molecule has 1 rings (SSSR count). The van der Waals surface area contributed by atoms with Gasteiger partial charge >= 0.3 is 0 Å². The topological polar surface area (TPSA) is 55.5 Å². The lowest BCUT2D eigenvalue weighted by Crippen LogP contribution is -1.88. The van der Waals surface area contributed by atoms with Crippen LogP contribution in [0.1, 0.15) is 31.7 Å². The van der Waals surface area contributed by atoms with Crippen LogP contribution in [0.5, 0.6) is 0 Å². The van der Waals surface area contributed by atoms with Gasteiger partial charge < -0.3 is 0 Å². The van der Waals surface area contributed by atoms with E-state index in [1.54, 1.807) is 18.3 Å². The Kier molecular flexibility index (Phi) is 6.20. The van der Waals surface area contributed by atoms with E-state index in [4.69, 9.17) is 0 Å². The average molecular weight is 244 g/mol. The zero-order valence-electron chi connectivity index (χ0n) is 10.4. The first-order chi connectivity index (χ1) is 8.74. The van der Waals surface area contributed by atoms with Gasteiger partial charge in [0.2, 0.25) is 0 Å². The van der Waals surface area contributed by atoms with Crippen LogP contribution in [0.4, 0.5) is 5.69 Å². The summed E-state index contributed by atoms with van der Waals surface area (Å²) in [6.07, 6.45) is 4.88.